The zero-order valence-electron chi connectivity index (χ0n) is 11.8. The molecule has 0 saturated carbocycles. The highest BCUT2D eigenvalue weighted by atomic mass is 79.9. The molecule has 0 spiro atoms. The zero-order chi connectivity index (χ0) is 15.5. The number of phenols is 1. The Morgan fingerprint density at radius 3 is 3.05 bits per heavy atom. The summed E-state index contributed by atoms with van der Waals surface area (Å²) in [7, 11) is 0. The van der Waals surface area contributed by atoms with Crippen LogP contribution in [0.4, 0.5) is 0 Å². The van der Waals surface area contributed by atoms with E-state index in [1.165, 1.54) is 23.1 Å². The zero-order valence-corrected chi connectivity index (χ0v) is 14.2. The number of fused-ring (bicyclic) bond motifs is 1. The smallest absolute Gasteiger partial charge is 0.272 e. The number of aryl methyl sites for hydroxylation is 1. The Morgan fingerprint density at radius 2 is 2.18 bits per heavy atom. The van der Waals surface area contributed by atoms with Gasteiger partial charge in [0.1, 0.15) is 5.75 Å². The third kappa shape index (κ3) is 3.23. The number of carbonyl (C=O) groups is 1. The Kier molecular flexibility index (Phi) is 4.59. The van der Waals surface area contributed by atoms with E-state index in [1.54, 1.807) is 29.5 Å². The SMILES string of the molecule is O=C(NN=Cc1cc(Br)ccc1O)c1csc2c1CCCC2. The third-order valence-electron chi connectivity index (χ3n) is 3.67. The van der Waals surface area contributed by atoms with Crippen molar-refractivity contribution in [2.24, 2.45) is 5.10 Å². The summed E-state index contributed by atoms with van der Waals surface area (Å²) in [6.07, 6.45) is 5.82. The molecule has 0 aliphatic heterocycles. The lowest BCUT2D eigenvalue weighted by molar-refractivity contribution is 0.0954. The number of hydrogen-bond donors (Lipinski definition) is 2. The van der Waals surface area contributed by atoms with E-state index >= 15 is 0 Å². The first-order valence-electron chi connectivity index (χ1n) is 7.06. The summed E-state index contributed by atoms with van der Waals surface area (Å²) < 4.78 is 0.838. The molecule has 1 aromatic carbocycles. The first kappa shape index (κ1) is 15.2. The van der Waals surface area contributed by atoms with Crippen LogP contribution in [0, 0.1) is 0 Å². The minimum absolute atomic E-state index is 0.120. The fraction of sp³-hybridized carbons (Fsp3) is 0.250. The van der Waals surface area contributed by atoms with Crippen LogP contribution in [0.25, 0.3) is 0 Å². The molecule has 1 amide bonds. The second kappa shape index (κ2) is 6.62. The molecular weight excluding hydrogens is 364 g/mol. The van der Waals surface area contributed by atoms with Gasteiger partial charge in [0.25, 0.3) is 5.91 Å². The molecular formula is C16H15BrN2O2S. The molecule has 0 radical (unpaired) electrons. The van der Waals surface area contributed by atoms with E-state index in [4.69, 9.17) is 0 Å². The van der Waals surface area contributed by atoms with Gasteiger partial charge in [0.05, 0.1) is 11.8 Å². The average molecular weight is 379 g/mol. The van der Waals surface area contributed by atoms with Crippen molar-refractivity contribution in [2.45, 2.75) is 25.7 Å². The molecule has 3 rings (SSSR count). The molecule has 4 nitrogen and oxygen atoms in total. The Balaban J connectivity index is 1.71. The van der Waals surface area contributed by atoms with Crippen LogP contribution in [0.15, 0.2) is 33.2 Å². The molecule has 0 fully saturated rings. The van der Waals surface area contributed by atoms with E-state index < -0.39 is 0 Å². The molecule has 1 aromatic heterocycles. The quantitative estimate of drug-likeness (QED) is 0.629. The number of rotatable bonds is 3. The molecule has 2 aromatic rings. The second-order valence-corrected chi connectivity index (χ2v) is 7.04. The molecule has 0 saturated heterocycles. The van der Waals surface area contributed by atoms with Crippen molar-refractivity contribution in [2.75, 3.05) is 0 Å². The van der Waals surface area contributed by atoms with Gasteiger partial charge in [-0.15, -0.1) is 11.3 Å². The van der Waals surface area contributed by atoms with Crippen molar-refractivity contribution < 1.29 is 9.90 Å². The van der Waals surface area contributed by atoms with Crippen LogP contribution in [0.1, 0.15) is 39.2 Å². The van der Waals surface area contributed by atoms with E-state index in [-0.39, 0.29) is 11.7 Å². The lowest BCUT2D eigenvalue weighted by Crippen LogP contribution is -2.19. The number of nitrogens with zero attached hydrogens (tertiary/aromatic N) is 1. The van der Waals surface area contributed by atoms with Crippen LogP contribution in [0.3, 0.4) is 0 Å². The van der Waals surface area contributed by atoms with Gasteiger partial charge >= 0.3 is 0 Å². The molecule has 1 aliphatic rings. The van der Waals surface area contributed by atoms with Crippen molar-refractivity contribution in [3.05, 3.63) is 49.6 Å². The fourth-order valence-corrected chi connectivity index (χ4v) is 4.04. The van der Waals surface area contributed by atoms with Gasteiger partial charge in [0.15, 0.2) is 0 Å². The number of nitrogens with one attached hydrogen (secondary N) is 1. The van der Waals surface area contributed by atoms with Crippen LogP contribution in [-0.2, 0) is 12.8 Å². The highest BCUT2D eigenvalue weighted by Crippen LogP contribution is 2.30. The molecule has 1 aliphatic carbocycles. The molecule has 6 heteroatoms. The highest BCUT2D eigenvalue weighted by Gasteiger charge is 2.19. The first-order valence-corrected chi connectivity index (χ1v) is 8.73. The Bertz CT molecular complexity index is 740. The normalized spacial score (nSPS) is 14.0. The summed E-state index contributed by atoms with van der Waals surface area (Å²) in [6.45, 7) is 0. The highest BCUT2D eigenvalue weighted by molar-refractivity contribution is 9.10. The maximum atomic E-state index is 12.2. The second-order valence-electron chi connectivity index (χ2n) is 5.16. The minimum atomic E-state index is -0.190. The lowest BCUT2D eigenvalue weighted by Gasteiger charge is -2.11. The Hall–Kier alpha value is -1.66. The van der Waals surface area contributed by atoms with Gasteiger partial charge in [-0.1, -0.05) is 15.9 Å². The number of hydrazone groups is 1. The minimum Gasteiger partial charge on any atom is -0.507 e. The largest absolute Gasteiger partial charge is 0.507 e. The van der Waals surface area contributed by atoms with Crippen molar-refractivity contribution in [1.29, 1.82) is 0 Å². The van der Waals surface area contributed by atoms with Gasteiger partial charge in [-0.05, 0) is 49.4 Å². The molecule has 1 heterocycles. The number of thiophene rings is 1. The van der Waals surface area contributed by atoms with E-state index in [2.05, 4.69) is 26.5 Å². The molecule has 22 heavy (non-hydrogen) atoms. The summed E-state index contributed by atoms with van der Waals surface area (Å²) in [5.74, 6) is -0.0701. The number of amides is 1. The van der Waals surface area contributed by atoms with Crippen molar-refractivity contribution in [1.82, 2.24) is 5.43 Å². The van der Waals surface area contributed by atoms with Crippen LogP contribution < -0.4 is 5.43 Å². The maximum Gasteiger partial charge on any atom is 0.272 e. The topological polar surface area (TPSA) is 61.7 Å². The summed E-state index contributed by atoms with van der Waals surface area (Å²) in [5, 5.41) is 15.6. The third-order valence-corrected chi connectivity index (χ3v) is 5.25. The predicted molar refractivity (Wildman–Crippen MR) is 91.8 cm³/mol. The fourth-order valence-electron chi connectivity index (χ4n) is 2.53. The molecule has 0 bridgehead atoms. The molecule has 0 unspecified atom stereocenters. The number of carbonyl (C=O) groups excluding carboxylic acids is 1. The van der Waals surface area contributed by atoms with E-state index in [1.807, 2.05) is 5.38 Å². The van der Waals surface area contributed by atoms with Crippen molar-refractivity contribution >= 4 is 39.4 Å². The number of benzene rings is 1. The molecule has 0 atom stereocenters. The van der Waals surface area contributed by atoms with Crippen LogP contribution in [0.2, 0.25) is 0 Å². The number of hydrogen-bond acceptors (Lipinski definition) is 4. The number of halogens is 1. The summed E-state index contributed by atoms with van der Waals surface area (Å²) in [5.41, 5.74) is 4.99. The van der Waals surface area contributed by atoms with Gasteiger partial charge in [-0.2, -0.15) is 5.10 Å². The molecule has 2 N–H and O–H groups in total. The van der Waals surface area contributed by atoms with Gasteiger partial charge in [-0.3, -0.25) is 4.79 Å². The van der Waals surface area contributed by atoms with Crippen molar-refractivity contribution in [3.63, 3.8) is 0 Å². The maximum absolute atomic E-state index is 12.2. The van der Waals surface area contributed by atoms with E-state index in [9.17, 15) is 9.90 Å². The van der Waals surface area contributed by atoms with Crippen LogP contribution in [0.5, 0.6) is 5.75 Å². The standard InChI is InChI=1S/C16H15BrN2O2S/c17-11-5-6-14(20)10(7-11)8-18-19-16(21)13-9-22-15-4-2-1-3-12(13)15/h5-9,20H,1-4H2,(H,19,21). The van der Waals surface area contributed by atoms with E-state index in [0.717, 1.165) is 29.3 Å². The Morgan fingerprint density at radius 1 is 1.36 bits per heavy atom. The van der Waals surface area contributed by atoms with Gasteiger partial charge < -0.3 is 5.11 Å². The average Bonchev–Trinajstić information content (AvgIpc) is 2.94. The van der Waals surface area contributed by atoms with Crippen molar-refractivity contribution in [3.8, 4) is 5.75 Å². The first-order chi connectivity index (χ1) is 10.6. The van der Waals surface area contributed by atoms with Crippen LogP contribution >= 0.6 is 27.3 Å². The lowest BCUT2D eigenvalue weighted by atomic mass is 9.96. The summed E-state index contributed by atoms with van der Waals surface area (Å²) in [4.78, 5) is 13.6. The Labute approximate surface area is 141 Å². The summed E-state index contributed by atoms with van der Waals surface area (Å²) >= 11 is 4.99. The van der Waals surface area contributed by atoms with Gasteiger partial charge in [0.2, 0.25) is 0 Å². The predicted octanol–water partition coefficient (Wildman–Crippen LogP) is 3.86. The summed E-state index contributed by atoms with van der Waals surface area (Å²) in [6, 6.07) is 5.04. The van der Waals surface area contributed by atoms with E-state index in [0.29, 0.717) is 5.56 Å². The number of aromatic hydroxyl groups is 1. The number of phenolic OH excluding ortho intramolecular Hbond substituents is 1. The van der Waals surface area contributed by atoms with Gasteiger partial charge in [0, 0.05) is 20.3 Å². The monoisotopic (exact) mass is 378 g/mol. The van der Waals surface area contributed by atoms with Gasteiger partial charge in [-0.25, -0.2) is 5.43 Å². The van der Waals surface area contributed by atoms with Crippen LogP contribution in [-0.4, -0.2) is 17.2 Å². The molecule has 114 valence electrons.